The summed E-state index contributed by atoms with van der Waals surface area (Å²) in [6.45, 7) is 1.79. The van der Waals surface area contributed by atoms with Gasteiger partial charge in [0.25, 0.3) is 0 Å². The third kappa shape index (κ3) is 2.89. The van der Waals surface area contributed by atoms with E-state index in [2.05, 4.69) is 0 Å². The van der Waals surface area contributed by atoms with Crippen LogP contribution in [-0.2, 0) is 0 Å². The predicted octanol–water partition coefficient (Wildman–Crippen LogP) is 5.26. The minimum atomic E-state index is -0.932. The molecule has 2 rings (SSSR count). The molecule has 0 aromatic heterocycles. The zero-order chi connectivity index (χ0) is 14.9. The maximum atomic E-state index is 14.0. The summed E-state index contributed by atoms with van der Waals surface area (Å²) in [6.07, 6.45) is 0. The number of methoxy groups -OCH3 is 1. The van der Waals surface area contributed by atoms with Crippen LogP contribution >= 0.6 is 23.2 Å². The molecule has 0 spiro atoms. The van der Waals surface area contributed by atoms with Gasteiger partial charge in [0.1, 0.15) is 17.4 Å². The Kier molecular flexibility index (Phi) is 4.51. The standard InChI is InChI=1S/C15H12Cl2F2O/c1-8-5-9(16)3-4-11(8)15(17)14-12(18)6-10(20-2)7-13(14)19/h3-7,15H,1-2H3. The summed E-state index contributed by atoms with van der Waals surface area (Å²) >= 11 is 12.1. The zero-order valence-corrected chi connectivity index (χ0v) is 12.4. The predicted molar refractivity (Wildman–Crippen MR) is 76.8 cm³/mol. The van der Waals surface area contributed by atoms with E-state index in [1.54, 1.807) is 25.1 Å². The number of hydrogen-bond donors (Lipinski definition) is 0. The number of hydrogen-bond acceptors (Lipinski definition) is 1. The average molecular weight is 317 g/mol. The first-order valence-corrected chi connectivity index (χ1v) is 6.68. The van der Waals surface area contributed by atoms with Gasteiger partial charge < -0.3 is 4.74 Å². The molecular formula is C15H12Cl2F2O. The number of aryl methyl sites for hydroxylation is 1. The lowest BCUT2D eigenvalue weighted by molar-refractivity contribution is 0.405. The molecule has 106 valence electrons. The maximum absolute atomic E-state index is 14.0. The van der Waals surface area contributed by atoms with E-state index in [0.29, 0.717) is 10.6 Å². The zero-order valence-electron chi connectivity index (χ0n) is 10.9. The number of benzene rings is 2. The molecular weight excluding hydrogens is 305 g/mol. The molecule has 5 heteroatoms. The van der Waals surface area contributed by atoms with Crippen molar-refractivity contribution in [2.24, 2.45) is 0 Å². The van der Waals surface area contributed by atoms with E-state index < -0.39 is 17.0 Å². The largest absolute Gasteiger partial charge is 0.497 e. The summed E-state index contributed by atoms with van der Waals surface area (Å²) in [6, 6.07) is 7.22. The van der Waals surface area contributed by atoms with Crippen molar-refractivity contribution in [3.63, 3.8) is 0 Å². The lowest BCUT2D eigenvalue weighted by Crippen LogP contribution is -2.03. The van der Waals surface area contributed by atoms with Crippen LogP contribution in [0.1, 0.15) is 22.1 Å². The van der Waals surface area contributed by atoms with Crippen LogP contribution in [0.5, 0.6) is 5.75 Å². The maximum Gasteiger partial charge on any atom is 0.134 e. The van der Waals surface area contributed by atoms with Gasteiger partial charge in [-0.1, -0.05) is 17.7 Å². The highest BCUT2D eigenvalue weighted by Crippen LogP contribution is 2.36. The van der Waals surface area contributed by atoms with Gasteiger partial charge in [-0.05, 0) is 30.2 Å². The van der Waals surface area contributed by atoms with Crippen LogP contribution < -0.4 is 4.74 Å². The summed E-state index contributed by atoms with van der Waals surface area (Å²) in [5, 5.41) is -0.385. The Bertz CT molecular complexity index is 621. The Morgan fingerprint density at radius 2 is 1.70 bits per heavy atom. The summed E-state index contributed by atoms with van der Waals surface area (Å²) in [5.41, 5.74) is 1.18. The van der Waals surface area contributed by atoms with E-state index in [1.807, 2.05) is 0 Å². The molecule has 1 atom stereocenters. The van der Waals surface area contributed by atoms with E-state index in [0.717, 1.165) is 17.7 Å². The van der Waals surface area contributed by atoms with E-state index >= 15 is 0 Å². The van der Waals surface area contributed by atoms with E-state index in [-0.39, 0.29) is 11.3 Å². The van der Waals surface area contributed by atoms with Crippen molar-refractivity contribution in [2.45, 2.75) is 12.3 Å². The van der Waals surface area contributed by atoms with Gasteiger partial charge in [0.2, 0.25) is 0 Å². The van der Waals surface area contributed by atoms with Crippen molar-refractivity contribution in [2.75, 3.05) is 7.11 Å². The molecule has 0 amide bonds. The number of alkyl halides is 1. The third-order valence-corrected chi connectivity index (χ3v) is 3.74. The third-order valence-electron chi connectivity index (χ3n) is 3.05. The summed E-state index contributed by atoms with van der Waals surface area (Å²) in [7, 11) is 1.34. The first kappa shape index (κ1) is 15.1. The minimum absolute atomic E-state index is 0.112. The van der Waals surface area contributed by atoms with E-state index in [1.165, 1.54) is 7.11 Å². The Labute approximate surface area is 126 Å². The number of halogens is 4. The highest BCUT2D eigenvalue weighted by molar-refractivity contribution is 6.30. The topological polar surface area (TPSA) is 9.23 Å². The second-order valence-electron chi connectivity index (χ2n) is 4.37. The van der Waals surface area contributed by atoms with Gasteiger partial charge in [-0.25, -0.2) is 8.78 Å². The van der Waals surface area contributed by atoms with Crippen LogP contribution in [0.25, 0.3) is 0 Å². The quantitative estimate of drug-likeness (QED) is 0.701. The fourth-order valence-electron chi connectivity index (χ4n) is 2.00. The minimum Gasteiger partial charge on any atom is -0.497 e. The molecule has 0 saturated heterocycles. The summed E-state index contributed by atoms with van der Waals surface area (Å²) < 4.78 is 32.8. The lowest BCUT2D eigenvalue weighted by atomic mass is 9.99. The molecule has 2 aromatic carbocycles. The molecule has 0 heterocycles. The van der Waals surface area contributed by atoms with Gasteiger partial charge in [0.05, 0.1) is 12.5 Å². The van der Waals surface area contributed by atoms with Gasteiger partial charge in [0, 0.05) is 22.7 Å². The van der Waals surface area contributed by atoms with Gasteiger partial charge >= 0.3 is 0 Å². The fourth-order valence-corrected chi connectivity index (χ4v) is 2.68. The molecule has 0 radical (unpaired) electrons. The molecule has 20 heavy (non-hydrogen) atoms. The van der Waals surface area contributed by atoms with Crippen LogP contribution in [0, 0.1) is 18.6 Å². The van der Waals surface area contributed by atoms with Crippen molar-refractivity contribution in [1.82, 2.24) is 0 Å². The van der Waals surface area contributed by atoms with Crippen molar-refractivity contribution in [3.05, 3.63) is 63.7 Å². The van der Waals surface area contributed by atoms with Crippen molar-refractivity contribution in [1.29, 1.82) is 0 Å². The SMILES string of the molecule is COc1cc(F)c(C(Cl)c2ccc(Cl)cc2C)c(F)c1. The highest BCUT2D eigenvalue weighted by atomic mass is 35.5. The molecule has 0 aliphatic heterocycles. The van der Waals surface area contributed by atoms with Gasteiger partial charge in [-0.2, -0.15) is 0 Å². The second-order valence-corrected chi connectivity index (χ2v) is 5.24. The van der Waals surface area contributed by atoms with E-state index in [9.17, 15) is 8.78 Å². The Balaban J connectivity index is 2.50. The molecule has 0 N–H and O–H groups in total. The Hall–Kier alpha value is -1.32. The van der Waals surface area contributed by atoms with Crippen LogP contribution in [0.2, 0.25) is 5.02 Å². The van der Waals surface area contributed by atoms with Crippen LogP contribution in [-0.4, -0.2) is 7.11 Å². The molecule has 0 fully saturated rings. The average Bonchev–Trinajstić information content (AvgIpc) is 2.37. The number of ether oxygens (including phenoxy) is 1. The van der Waals surface area contributed by atoms with E-state index in [4.69, 9.17) is 27.9 Å². The molecule has 1 nitrogen and oxygen atoms in total. The highest BCUT2D eigenvalue weighted by Gasteiger charge is 2.22. The second kappa shape index (κ2) is 5.98. The first-order valence-electron chi connectivity index (χ1n) is 5.87. The van der Waals surface area contributed by atoms with Crippen LogP contribution in [0.15, 0.2) is 30.3 Å². The van der Waals surface area contributed by atoms with Crippen molar-refractivity contribution in [3.8, 4) is 5.75 Å². The number of rotatable bonds is 3. The first-order chi connectivity index (χ1) is 9.43. The molecule has 0 saturated carbocycles. The summed E-state index contributed by atoms with van der Waals surface area (Å²) in [4.78, 5) is 0. The molecule has 0 aliphatic carbocycles. The molecule has 0 aliphatic rings. The van der Waals surface area contributed by atoms with Crippen LogP contribution in [0.3, 0.4) is 0 Å². The van der Waals surface area contributed by atoms with Crippen molar-refractivity contribution >= 4 is 23.2 Å². The lowest BCUT2D eigenvalue weighted by Gasteiger charge is -2.16. The van der Waals surface area contributed by atoms with Gasteiger partial charge in [0.15, 0.2) is 0 Å². The molecule has 1 unspecified atom stereocenters. The molecule has 0 bridgehead atoms. The summed E-state index contributed by atoms with van der Waals surface area (Å²) in [5.74, 6) is -1.37. The monoisotopic (exact) mass is 316 g/mol. The Morgan fingerprint density at radius 1 is 1.10 bits per heavy atom. The Morgan fingerprint density at radius 3 is 2.20 bits per heavy atom. The van der Waals surface area contributed by atoms with Crippen LogP contribution in [0.4, 0.5) is 8.78 Å². The molecule has 2 aromatic rings. The normalized spacial score (nSPS) is 12.3. The van der Waals surface area contributed by atoms with Gasteiger partial charge in [-0.15, -0.1) is 11.6 Å². The van der Waals surface area contributed by atoms with Crippen molar-refractivity contribution < 1.29 is 13.5 Å². The fraction of sp³-hybridized carbons (Fsp3) is 0.200. The smallest absolute Gasteiger partial charge is 0.134 e. The van der Waals surface area contributed by atoms with Gasteiger partial charge in [-0.3, -0.25) is 0 Å².